The van der Waals surface area contributed by atoms with Crippen LogP contribution in [0.2, 0.25) is 5.02 Å². The second kappa shape index (κ2) is 4.39. The van der Waals surface area contributed by atoms with Crippen LogP contribution in [0.25, 0.3) is 0 Å². The predicted octanol–water partition coefficient (Wildman–Crippen LogP) is 2.83. The summed E-state index contributed by atoms with van der Waals surface area (Å²) in [6.07, 6.45) is 3.67. The second-order valence-corrected chi connectivity index (χ2v) is 3.29. The predicted molar refractivity (Wildman–Crippen MR) is 53.6 cm³/mol. The number of rotatable bonds is 1. The molecule has 1 rings (SSSR count). The summed E-state index contributed by atoms with van der Waals surface area (Å²) in [6.45, 7) is 1.79. The maximum atomic E-state index is 5.91. The molecule has 0 aliphatic carbocycles. The van der Waals surface area contributed by atoms with Crippen molar-refractivity contribution in [1.82, 2.24) is 4.98 Å². The molecule has 3 heteroatoms. The molecule has 0 aliphatic rings. The van der Waals surface area contributed by atoms with Crippen molar-refractivity contribution in [2.75, 3.05) is 6.26 Å². The Kier molecular flexibility index (Phi) is 3.46. The molecule has 1 nitrogen and oxygen atoms in total. The Morgan fingerprint density at radius 3 is 2.83 bits per heavy atom. The molecule has 0 N–H and O–H groups in total. The van der Waals surface area contributed by atoms with Crippen LogP contribution in [0.15, 0.2) is 17.3 Å². The highest BCUT2D eigenvalue weighted by Gasteiger charge is 1.99. The zero-order valence-corrected chi connectivity index (χ0v) is 8.46. The van der Waals surface area contributed by atoms with Crippen LogP contribution in [0.3, 0.4) is 0 Å². The topological polar surface area (TPSA) is 12.9 Å². The maximum Gasteiger partial charge on any atom is 0.114 e. The summed E-state index contributed by atoms with van der Waals surface area (Å²) in [7, 11) is 0. The molecular weight excluding hydrogens is 190 g/mol. The van der Waals surface area contributed by atoms with E-state index in [0.717, 1.165) is 10.6 Å². The molecule has 62 valence electrons. The number of hydrogen-bond acceptors (Lipinski definition) is 2. The second-order valence-electron chi connectivity index (χ2n) is 2.09. The SMILES string of the molecule is CC#Cc1cnc(SC)c(Cl)c1. The van der Waals surface area contributed by atoms with Gasteiger partial charge in [0.2, 0.25) is 0 Å². The van der Waals surface area contributed by atoms with Gasteiger partial charge in [-0.05, 0) is 19.2 Å². The molecule has 1 aromatic rings. The molecule has 0 saturated heterocycles. The van der Waals surface area contributed by atoms with Gasteiger partial charge in [-0.15, -0.1) is 17.7 Å². The first-order chi connectivity index (χ1) is 5.77. The monoisotopic (exact) mass is 197 g/mol. The van der Waals surface area contributed by atoms with Gasteiger partial charge in [0.1, 0.15) is 5.03 Å². The number of thioether (sulfide) groups is 1. The normalized spacial score (nSPS) is 8.92. The fraction of sp³-hybridized carbons (Fsp3) is 0.222. The van der Waals surface area contributed by atoms with E-state index < -0.39 is 0 Å². The number of hydrogen-bond donors (Lipinski definition) is 0. The van der Waals surface area contributed by atoms with Crippen molar-refractivity contribution in [3.8, 4) is 11.8 Å². The van der Waals surface area contributed by atoms with Crippen molar-refractivity contribution in [3.05, 3.63) is 22.8 Å². The smallest absolute Gasteiger partial charge is 0.114 e. The van der Waals surface area contributed by atoms with Gasteiger partial charge in [-0.25, -0.2) is 4.98 Å². The van der Waals surface area contributed by atoms with E-state index in [1.807, 2.05) is 12.3 Å². The minimum absolute atomic E-state index is 0.669. The minimum Gasteiger partial charge on any atom is -0.247 e. The van der Waals surface area contributed by atoms with E-state index in [1.165, 1.54) is 11.8 Å². The Labute approximate surface area is 81.5 Å². The van der Waals surface area contributed by atoms with Crippen LogP contribution in [0.5, 0.6) is 0 Å². The first-order valence-corrected chi connectivity index (χ1v) is 5.00. The van der Waals surface area contributed by atoms with Crippen LogP contribution < -0.4 is 0 Å². The molecule has 0 aliphatic heterocycles. The molecule has 0 atom stereocenters. The third kappa shape index (κ3) is 2.17. The highest BCUT2D eigenvalue weighted by Crippen LogP contribution is 2.22. The maximum absolute atomic E-state index is 5.91. The lowest BCUT2D eigenvalue weighted by molar-refractivity contribution is 1.13. The summed E-state index contributed by atoms with van der Waals surface area (Å²) < 4.78 is 0. The van der Waals surface area contributed by atoms with Crippen LogP contribution in [-0.2, 0) is 0 Å². The Balaban J connectivity index is 3.07. The van der Waals surface area contributed by atoms with Crippen LogP contribution >= 0.6 is 23.4 Å². The van der Waals surface area contributed by atoms with E-state index in [1.54, 1.807) is 13.1 Å². The molecular formula is C9H8ClNS. The molecule has 0 spiro atoms. The summed E-state index contributed by atoms with van der Waals surface area (Å²) in [5.74, 6) is 5.69. The third-order valence-corrected chi connectivity index (χ3v) is 2.38. The average Bonchev–Trinajstić information content (AvgIpc) is 2.05. The van der Waals surface area contributed by atoms with Gasteiger partial charge in [-0.3, -0.25) is 0 Å². The lowest BCUT2D eigenvalue weighted by Crippen LogP contribution is -1.83. The zero-order valence-electron chi connectivity index (χ0n) is 6.89. The molecule has 1 aromatic heterocycles. The summed E-state index contributed by atoms with van der Waals surface area (Å²) in [4.78, 5) is 4.14. The summed E-state index contributed by atoms with van der Waals surface area (Å²) in [5.41, 5.74) is 0.861. The van der Waals surface area contributed by atoms with Crippen molar-refractivity contribution < 1.29 is 0 Å². The summed E-state index contributed by atoms with van der Waals surface area (Å²) in [5, 5.41) is 1.51. The van der Waals surface area contributed by atoms with Crippen LogP contribution in [0, 0.1) is 11.8 Å². The molecule has 0 saturated carbocycles. The molecule has 0 unspecified atom stereocenters. The van der Waals surface area contributed by atoms with E-state index >= 15 is 0 Å². The number of halogens is 1. The zero-order chi connectivity index (χ0) is 8.97. The van der Waals surface area contributed by atoms with E-state index in [4.69, 9.17) is 11.6 Å². The fourth-order valence-electron chi connectivity index (χ4n) is 0.788. The van der Waals surface area contributed by atoms with E-state index in [0.29, 0.717) is 5.02 Å². The van der Waals surface area contributed by atoms with Crippen LogP contribution in [0.4, 0.5) is 0 Å². The Morgan fingerprint density at radius 1 is 1.58 bits per heavy atom. The van der Waals surface area contributed by atoms with Gasteiger partial charge in [-0.2, -0.15) is 0 Å². The van der Waals surface area contributed by atoms with Gasteiger partial charge in [0, 0.05) is 11.8 Å². The number of nitrogens with zero attached hydrogens (tertiary/aromatic N) is 1. The van der Waals surface area contributed by atoms with Crippen molar-refractivity contribution in [2.24, 2.45) is 0 Å². The lowest BCUT2D eigenvalue weighted by Gasteiger charge is -1.98. The van der Waals surface area contributed by atoms with Crippen molar-refractivity contribution >= 4 is 23.4 Å². The van der Waals surface area contributed by atoms with Crippen LogP contribution in [0.1, 0.15) is 12.5 Å². The summed E-state index contributed by atoms with van der Waals surface area (Å²) >= 11 is 7.45. The molecule has 12 heavy (non-hydrogen) atoms. The first kappa shape index (κ1) is 9.44. The van der Waals surface area contributed by atoms with Gasteiger partial charge >= 0.3 is 0 Å². The van der Waals surface area contributed by atoms with E-state index in [2.05, 4.69) is 16.8 Å². The van der Waals surface area contributed by atoms with E-state index in [9.17, 15) is 0 Å². The quantitative estimate of drug-likeness (QED) is 0.507. The summed E-state index contributed by atoms with van der Waals surface area (Å²) in [6, 6.07) is 1.83. The van der Waals surface area contributed by atoms with Crippen molar-refractivity contribution in [3.63, 3.8) is 0 Å². The number of aromatic nitrogens is 1. The Bertz CT molecular complexity index is 338. The fourth-order valence-corrected chi connectivity index (χ4v) is 1.60. The van der Waals surface area contributed by atoms with Gasteiger partial charge in [-0.1, -0.05) is 17.5 Å². The van der Waals surface area contributed by atoms with Crippen LogP contribution in [-0.4, -0.2) is 11.2 Å². The molecule has 0 bridgehead atoms. The number of pyridine rings is 1. The third-order valence-electron chi connectivity index (χ3n) is 1.27. The largest absolute Gasteiger partial charge is 0.247 e. The standard InChI is InChI=1S/C9H8ClNS/c1-3-4-7-5-8(10)9(12-2)11-6-7/h5-6H,1-2H3. The Morgan fingerprint density at radius 2 is 2.33 bits per heavy atom. The van der Waals surface area contributed by atoms with Crippen molar-refractivity contribution in [1.29, 1.82) is 0 Å². The van der Waals surface area contributed by atoms with Gasteiger partial charge in [0.25, 0.3) is 0 Å². The van der Waals surface area contributed by atoms with E-state index in [-0.39, 0.29) is 0 Å². The lowest BCUT2D eigenvalue weighted by atomic mass is 10.3. The van der Waals surface area contributed by atoms with Gasteiger partial charge < -0.3 is 0 Å². The molecule has 0 amide bonds. The van der Waals surface area contributed by atoms with Gasteiger partial charge in [0.05, 0.1) is 5.02 Å². The molecule has 0 fully saturated rings. The highest BCUT2D eigenvalue weighted by molar-refractivity contribution is 7.98. The highest BCUT2D eigenvalue weighted by atomic mass is 35.5. The minimum atomic E-state index is 0.669. The first-order valence-electron chi connectivity index (χ1n) is 3.40. The van der Waals surface area contributed by atoms with Crippen molar-refractivity contribution in [2.45, 2.75) is 11.9 Å². The Hall–Kier alpha value is -0.650. The molecule has 1 heterocycles. The average molecular weight is 198 g/mol. The molecule has 0 radical (unpaired) electrons. The van der Waals surface area contributed by atoms with Gasteiger partial charge in [0.15, 0.2) is 0 Å². The molecule has 0 aromatic carbocycles.